The second kappa shape index (κ2) is 5.92. The van der Waals surface area contributed by atoms with Gasteiger partial charge in [0.1, 0.15) is 12.2 Å². The van der Waals surface area contributed by atoms with Crippen molar-refractivity contribution < 1.29 is 19.1 Å². The number of hydrogen-bond donors (Lipinski definition) is 2. The van der Waals surface area contributed by atoms with Gasteiger partial charge in [-0.2, -0.15) is 0 Å². The maximum Gasteiger partial charge on any atom is 0.311 e. The van der Waals surface area contributed by atoms with Crippen molar-refractivity contribution in [1.29, 1.82) is 0 Å². The number of rotatable bonds is 5. The number of amides is 1. The number of hydrogen-bond acceptors (Lipinski definition) is 4. The van der Waals surface area contributed by atoms with Crippen LogP contribution in [-0.4, -0.2) is 17.0 Å². The summed E-state index contributed by atoms with van der Waals surface area (Å²) in [5.74, 6) is -1.15. The summed E-state index contributed by atoms with van der Waals surface area (Å²) in [7, 11) is 0. The molecule has 0 aliphatic carbocycles. The molecule has 0 aromatic carbocycles. The van der Waals surface area contributed by atoms with Crippen LogP contribution >= 0.6 is 11.3 Å². The first-order valence-electron chi connectivity index (χ1n) is 6.12. The molecule has 1 atom stereocenters. The molecule has 0 radical (unpaired) electrons. The van der Waals surface area contributed by atoms with Crippen LogP contribution in [0.1, 0.15) is 39.5 Å². The first-order valence-corrected chi connectivity index (χ1v) is 7.00. The van der Waals surface area contributed by atoms with Gasteiger partial charge in [-0.15, -0.1) is 11.3 Å². The zero-order chi connectivity index (χ0) is 14.7. The maximum atomic E-state index is 12.3. The van der Waals surface area contributed by atoms with Gasteiger partial charge in [0.25, 0.3) is 5.91 Å². The standard InChI is InChI=1S/C14H15NO4S/c1-8-7-19-10(6-12(16)17)13(8)14(18)15-9(2)11-4-3-5-20-11/h3-5,7,9H,6H2,1-2H3,(H,15,18)(H,16,17). The molecule has 1 amide bonds. The quantitative estimate of drug-likeness (QED) is 0.888. The molecule has 0 spiro atoms. The third-order valence-electron chi connectivity index (χ3n) is 2.91. The van der Waals surface area contributed by atoms with E-state index in [1.165, 1.54) is 6.26 Å². The summed E-state index contributed by atoms with van der Waals surface area (Å²) in [6, 6.07) is 3.73. The summed E-state index contributed by atoms with van der Waals surface area (Å²) in [6.45, 7) is 3.61. The normalized spacial score (nSPS) is 12.1. The van der Waals surface area contributed by atoms with E-state index in [2.05, 4.69) is 5.32 Å². The van der Waals surface area contributed by atoms with Gasteiger partial charge >= 0.3 is 5.97 Å². The van der Waals surface area contributed by atoms with Crippen LogP contribution in [0.15, 0.2) is 28.2 Å². The Hall–Kier alpha value is -2.08. The first-order chi connectivity index (χ1) is 9.49. The minimum absolute atomic E-state index is 0.130. The van der Waals surface area contributed by atoms with Crippen LogP contribution in [0.4, 0.5) is 0 Å². The Labute approximate surface area is 120 Å². The monoisotopic (exact) mass is 293 g/mol. The predicted molar refractivity (Wildman–Crippen MR) is 75.0 cm³/mol. The molecule has 0 bridgehead atoms. The van der Waals surface area contributed by atoms with E-state index in [0.29, 0.717) is 11.1 Å². The molecule has 0 aliphatic rings. The molecule has 2 aromatic heterocycles. The number of carboxylic acid groups (broad SMARTS) is 1. The summed E-state index contributed by atoms with van der Waals surface area (Å²) < 4.78 is 5.16. The predicted octanol–water partition coefficient (Wildman–Crippen LogP) is 2.77. The molecule has 1 unspecified atom stereocenters. The number of aliphatic carboxylic acids is 1. The van der Waals surface area contributed by atoms with E-state index < -0.39 is 5.97 Å². The number of carboxylic acids is 1. The molecule has 20 heavy (non-hydrogen) atoms. The summed E-state index contributed by atoms with van der Waals surface area (Å²) in [5.41, 5.74) is 0.952. The van der Waals surface area contributed by atoms with E-state index in [0.717, 1.165) is 4.88 Å². The van der Waals surface area contributed by atoms with Crippen molar-refractivity contribution in [2.75, 3.05) is 0 Å². The van der Waals surface area contributed by atoms with E-state index in [1.54, 1.807) is 18.3 Å². The Kier molecular flexibility index (Phi) is 4.24. The number of carbonyl (C=O) groups is 2. The van der Waals surface area contributed by atoms with Crippen molar-refractivity contribution in [2.45, 2.75) is 26.3 Å². The van der Waals surface area contributed by atoms with Crippen molar-refractivity contribution in [1.82, 2.24) is 5.32 Å². The lowest BCUT2D eigenvalue weighted by Gasteiger charge is -2.12. The lowest BCUT2D eigenvalue weighted by atomic mass is 10.1. The SMILES string of the molecule is Cc1coc(CC(=O)O)c1C(=O)NC(C)c1cccs1. The number of carbonyl (C=O) groups excluding carboxylic acids is 1. The van der Waals surface area contributed by atoms with Gasteiger partial charge in [-0.3, -0.25) is 9.59 Å². The number of nitrogens with one attached hydrogen (secondary N) is 1. The third kappa shape index (κ3) is 3.08. The highest BCUT2D eigenvalue weighted by Crippen LogP contribution is 2.21. The summed E-state index contributed by atoms with van der Waals surface area (Å²) in [5, 5.41) is 13.6. The van der Waals surface area contributed by atoms with Crippen LogP contribution in [0.3, 0.4) is 0 Å². The minimum Gasteiger partial charge on any atom is -0.481 e. The Bertz CT molecular complexity index is 615. The van der Waals surface area contributed by atoms with E-state index in [-0.39, 0.29) is 24.1 Å². The van der Waals surface area contributed by atoms with E-state index >= 15 is 0 Å². The van der Waals surface area contributed by atoms with E-state index in [9.17, 15) is 9.59 Å². The Morgan fingerprint density at radius 1 is 1.50 bits per heavy atom. The Balaban J connectivity index is 2.17. The van der Waals surface area contributed by atoms with Crippen LogP contribution in [0.25, 0.3) is 0 Å². The molecule has 2 N–H and O–H groups in total. The summed E-state index contributed by atoms with van der Waals surface area (Å²) in [4.78, 5) is 24.1. The minimum atomic E-state index is -1.03. The Morgan fingerprint density at radius 3 is 2.85 bits per heavy atom. The average molecular weight is 293 g/mol. The molecule has 106 valence electrons. The van der Waals surface area contributed by atoms with Gasteiger partial charge in [0.2, 0.25) is 0 Å². The highest BCUT2D eigenvalue weighted by molar-refractivity contribution is 7.10. The number of furan rings is 1. The molecule has 0 saturated carbocycles. The highest BCUT2D eigenvalue weighted by atomic mass is 32.1. The molecule has 0 aliphatic heterocycles. The van der Waals surface area contributed by atoms with Crippen LogP contribution in [0.5, 0.6) is 0 Å². The molecule has 0 saturated heterocycles. The number of aryl methyl sites for hydroxylation is 1. The van der Waals surface area contributed by atoms with Gasteiger partial charge in [-0.05, 0) is 25.3 Å². The molecule has 2 aromatic rings. The molecule has 2 rings (SSSR count). The van der Waals surface area contributed by atoms with Crippen molar-refractivity contribution in [3.05, 3.63) is 45.5 Å². The third-order valence-corrected chi connectivity index (χ3v) is 3.96. The van der Waals surface area contributed by atoms with E-state index in [4.69, 9.17) is 9.52 Å². The van der Waals surface area contributed by atoms with Gasteiger partial charge in [0.15, 0.2) is 0 Å². The summed E-state index contributed by atoms with van der Waals surface area (Å²) in [6.07, 6.45) is 1.10. The zero-order valence-corrected chi connectivity index (χ0v) is 12.0. The topological polar surface area (TPSA) is 79.5 Å². The fraction of sp³-hybridized carbons (Fsp3) is 0.286. The molecular weight excluding hydrogens is 278 g/mol. The van der Waals surface area contributed by atoms with Crippen LogP contribution in [0.2, 0.25) is 0 Å². The van der Waals surface area contributed by atoms with Gasteiger partial charge in [-0.1, -0.05) is 6.07 Å². The van der Waals surface area contributed by atoms with Gasteiger partial charge in [0, 0.05) is 10.4 Å². The molecular formula is C14H15NO4S. The van der Waals surface area contributed by atoms with Crippen molar-refractivity contribution in [3.63, 3.8) is 0 Å². The largest absolute Gasteiger partial charge is 0.481 e. The fourth-order valence-corrected chi connectivity index (χ4v) is 2.68. The van der Waals surface area contributed by atoms with E-state index in [1.807, 2.05) is 24.4 Å². The lowest BCUT2D eigenvalue weighted by molar-refractivity contribution is -0.136. The van der Waals surface area contributed by atoms with Crippen LogP contribution in [-0.2, 0) is 11.2 Å². The fourth-order valence-electron chi connectivity index (χ4n) is 1.95. The lowest BCUT2D eigenvalue weighted by Crippen LogP contribution is -2.27. The van der Waals surface area contributed by atoms with Gasteiger partial charge in [0.05, 0.1) is 17.9 Å². The van der Waals surface area contributed by atoms with Gasteiger partial charge in [-0.25, -0.2) is 0 Å². The van der Waals surface area contributed by atoms with Gasteiger partial charge < -0.3 is 14.8 Å². The van der Waals surface area contributed by atoms with Crippen LogP contribution < -0.4 is 5.32 Å². The maximum absolute atomic E-state index is 12.3. The zero-order valence-electron chi connectivity index (χ0n) is 11.2. The average Bonchev–Trinajstić information content (AvgIpc) is 2.98. The van der Waals surface area contributed by atoms with Crippen molar-refractivity contribution in [2.24, 2.45) is 0 Å². The molecule has 2 heterocycles. The smallest absolute Gasteiger partial charge is 0.311 e. The first kappa shape index (κ1) is 14.3. The number of thiophene rings is 1. The second-order valence-electron chi connectivity index (χ2n) is 4.50. The Morgan fingerprint density at radius 2 is 2.25 bits per heavy atom. The molecule has 5 nitrogen and oxygen atoms in total. The summed E-state index contributed by atoms with van der Waals surface area (Å²) >= 11 is 1.56. The second-order valence-corrected chi connectivity index (χ2v) is 5.48. The molecule has 0 fully saturated rings. The van der Waals surface area contributed by atoms with Crippen molar-refractivity contribution >= 4 is 23.2 Å². The molecule has 6 heteroatoms. The van der Waals surface area contributed by atoms with Crippen molar-refractivity contribution in [3.8, 4) is 0 Å². The highest BCUT2D eigenvalue weighted by Gasteiger charge is 2.22. The van der Waals surface area contributed by atoms with Crippen LogP contribution in [0, 0.1) is 6.92 Å².